The average Bonchev–Trinajstić information content (AvgIpc) is 2.24. The second-order valence-corrected chi connectivity index (χ2v) is 5.82. The predicted molar refractivity (Wildman–Crippen MR) is 64.6 cm³/mol. The summed E-state index contributed by atoms with van der Waals surface area (Å²) < 4.78 is 37.5. The Labute approximate surface area is 114 Å². The molecule has 2 amide bonds. The maximum absolute atomic E-state index is 12.5. The van der Waals surface area contributed by atoms with Crippen LogP contribution < -0.4 is 10.6 Å². The highest BCUT2D eigenvalue weighted by Crippen LogP contribution is 2.28. The van der Waals surface area contributed by atoms with Gasteiger partial charge in [0.05, 0.1) is 5.54 Å². The number of hydrogen-bond donors (Lipinski definition) is 3. The molecule has 1 heterocycles. The molecular weight excluding hydrogens is 277 g/mol. The van der Waals surface area contributed by atoms with Crippen LogP contribution in [-0.4, -0.2) is 40.8 Å². The van der Waals surface area contributed by atoms with E-state index in [1.165, 1.54) is 0 Å². The highest BCUT2D eigenvalue weighted by atomic mass is 19.4. The van der Waals surface area contributed by atoms with E-state index in [-0.39, 0.29) is 11.8 Å². The summed E-state index contributed by atoms with van der Waals surface area (Å²) in [6, 6.07) is -0.869. The summed E-state index contributed by atoms with van der Waals surface area (Å²) in [5, 5.41) is 13.8. The number of nitrogens with one attached hydrogen (secondary N) is 2. The molecule has 5 nitrogen and oxygen atoms in total. The summed E-state index contributed by atoms with van der Waals surface area (Å²) >= 11 is 0. The first-order valence-corrected chi connectivity index (χ1v) is 6.29. The fraction of sp³-hybridized carbons (Fsp3) is 0.833. The van der Waals surface area contributed by atoms with E-state index in [0.717, 1.165) is 13.8 Å². The van der Waals surface area contributed by atoms with Gasteiger partial charge < -0.3 is 15.7 Å². The number of hydrogen-bond acceptors (Lipinski definition) is 3. The van der Waals surface area contributed by atoms with Crippen molar-refractivity contribution in [2.75, 3.05) is 0 Å². The van der Waals surface area contributed by atoms with Gasteiger partial charge in [-0.1, -0.05) is 6.92 Å². The van der Waals surface area contributed by atoms with Crippen LogP contribution in [0.15, 0.2) is 0 Å². The van der Waals surface area contributed by atoms with Crippen LogP contribution in [0.4, 0.5) is 13.2 Å². The number of carbonyl (C=O) groups is 2. The Morgan fingerprint density at radius 3 is 2.45 bits per heavy atom. The van der Waals surface area contributed by atoms with Gasteiger partial charge in [0, 0.05) is 6.42 Å². The van der Waals surface area contributed by atoms with E-state index in [1.54, 1.807) is 6.92 Å². The van der Waals surface area contributed by atoms with Crippen molar-refractivity contribution < 1.29 is 27.9 Å². The summed E-state index contributed by atoms with van der Waals surface area (Å²) in [7, 11) is 0. The van der Waals surface area contributed by atoms with Crippen LogP contribution >= 0.6 is 0 Å². The van der Waals surface area contributed by atoms with Crippen LogP contribution in [0, 0.1) is 5.92 Å². The number of aliphatic hydroxyl groups excluding tert-OH is 1. The fourth-order valence-electron chi connectivity index (χ4n) is 2.17. The lowest BCUT2D eigenvalue weighted by Crippen LogP contribution is -2.62. The van der Waals surface area contributed by atoms with Gasteiger partial charge in [0.25, 0.3) is 0 Å². The third-order valence-corrected chi connectivity index (χ3v) is 3.26. The first kappa shape index (κ1) is 16.7. The Balaban J connectivity index is 2.72. The molecule has 0 saturated carbocycles. The molecule has 3 N–H and O–H groups in total. The molecule has 8 heteroatoms. The highest BCUT2D eigenvalue weighted by Gasteiger charge is 2.49. The molecule has 0 aromatic heterocycles. The van der Waals surface area contributed by atoms with E-state index in [0.29, 0.717) is 12.8 Å². The van der Waals surface area contributed by atoms with Crippen molar-refractivity contribution in [3.05, 3.63) is 0 Å². The quantitative estimate of drug-likeness (QED) is 0.718. The number of amides is 2. The zero-order chi connectivity index (χ0) is 15.7. The maximum atomic E-state index is 12.5. The zero-order valence-corrected chi connectivity index (χ0v) is 11.5. The van der Waals surface area contributed by atoms with Crippen molar-refractivity contribution in [2.24, 2.45) is 5.92 Å². The lowest BCUT2D eigenvalue weighted by atomic mass is 9.91. The number of aliphatic hydroxyl groups is 1. The van der Waals surface area contributed by atoms with Crippen molar-refractivity contribution >= 4 is 11.8 Å². The Bertz CT molecular complexity index is 396. The smallest absolute Gasteiger partial charge is 0.382 e. The minimum atomic E-state index is -4.83. The van der Waals surface area contributed by atoms with Gasteiger partial charge in [0.15, 0.2) is 6.10 Å². The molecule has 1 aliphatic rings. The summed E-state index contributed by atoms with van der Waals surface area (Å²) in [4.78, 5) is 23.3. The average molecular weight is 296 g/mol. The van der Waals surface area contributed by atoms with Crippen molar-refractivity contribution in [3.8, 4) is 0 Å². The van der Waals surface area contributed by atoms with Crippen molar-refractivity contribution in [1.29, 1.82) is 0 Å². The minimum Gasteiger partial charge on any atom is -0.382 e. The standard InChI is InChI=1S/C12H19F3N2O3/c1-6-4-7(16-8(18)5-6)9(19)17-11(2,3)10(20)12(13,14)15/h6-7,10,20H,4-5H2,1-3H3,(H,16,18)(H,17,19)/t6-,7-,10?/m1/s1. The molecule has 0 aromatic rings. The molecule has 0 bridgehead atoms. The molecule has 3 atom stereocenters. The van der Waals surface area contributed by atoms with Crippen LogP contribution in [0.3, 0.4) is 0 Å². The normalized spacial score (nSPS) is 25.9. The largest absolute Gasteiger partial charge is 0.416 e. The topological polar surface area (TPSA) is 78.4 Å². The molecule has 1 saturated heterocycles. The summed E-state index contributed by atoms with van der Waals surface area (Å²) in [5.74, 6) is -1.05. The Morgan fingerprint density at radius 2 is 2.00 bits per heavy atom. The van der Waals surface area contributed by atoms with Crippen LogP contribution in [-0.2, 0) is 9.59 Å². The van der Waals surface area contributed by atoms with Crippen LogP contribution in [0.5, 0.6) is 0 Å². The Morgan fingerprint density at radius 1 is 1.45 bits per heavy atom. The first-order chi connectivity index (χ1) is 8.93. The zero-order valence-electron chi connectivity index (χ0n) is 11.5. The van der Waals surface area contributed by atoms with Crippen LogP contribution in [0.2, 0.25) is 0 Å². The van der Waals surface area contributed by atoms with Gasteiger partial charge in [-0.05, 0) is 26.2 Å². The molecule has 0 spiro atoms. The van der Waals surface area contributed by atoms with E-state index in [9.17, 15) is 27.9 Å². The molecule has 1 aliphatic heterocycles. The van der Waals surface area contributed by atoms with E-state index in [1.807, 2.05) is 0 Å². The molecule has 0 aliphatic carbocycles. The first-order valence-electron chi connectivity index (χ1n) is 6.29. The predicted octanol–water partition coefficient (Wildman–Crippen LogP) is 0.719. The lowest BCUT2D eigenvalue weighted by molar-refractivity contribution is -0.223. The molecule has 20 heavy (non-hydrogen) atoms. The van der Waals surface area contributed by atoms with E-state index < -0.39 is 29.8 Å². The second-order valence-electron chi connectivity index (χ2n) is 5.82. The number of carbonyl (C=O) groups excluding carboxylic acids is 2. The number of piperidine rings is 1. The lowest BCUT2D eigenvalue weighted by Gasteiger charge is -2.35. The SMILES string of the molecule is C[C@H]1CC(=O)N[C@@H](C(=O)NC(C)(C)C(O)C(F)(F)F)C1. The Kier molecular flexibility index (Phi) is 4.68. The molecule has 1 rings (SSSR count). The summed E-state index contributed by atoms with van der Waals surface area (Å²) in [6.45, 7) is 3.95. The third kappa shape index (κ3) is 4.09. The molecular formula is C12H19F3N2O3. The molecule has 1 unspecified atom stereocenters. The van der Waals surface area contributed by atoms with Gasteiger partial charge in [-0.15, -0.1) is 0 Å². The van der Waals surface area contributed by atoms with Gasteiger partial charge >= 0.3 is 6.18 Å². The van der Waals surface area contributed by atoms with Crippen molar-refractivity contribution in [2.45, 2.75) is 57.5 Å². The number of halogens is 3. The van der Waals surface area contributed by atoms with E-state index in [4.69, 9.17) is 0 Å². The van der Waals surface area contributed by atoms with Gasteiger partial charge in [-0.25, -0.2) is 0 Å². The number of alkyl halides is 3. The highest BCUT2D eigenvalue weighted by molar-refractivity contribution is 5.89. The fourth-order valence-corrected chi connectivity index (χ4v) is 2.17. The number of rotatable bonds is 3. The molecule has 0 radical (unpaired) electrons. The van der Waals surface area contributed by atoms with E-state index >= 15 is 0 Å². The van der Waals surface area contributed by atoms with Crippen molar-refractivity contribution in [1.82, 2.24) is 10.6 Å². The minimum absolute atomic E-state index is 0.0184. The van der Waals surface area contributed by atoms with Crippen LogP contribution in [0.1, 0.15) is 33.6 Å². The summed E-state index contributed by atoms with van der Waals surface area (Å²) in [6.07, 6.45) is -6.87. The van der Waals surface area contributed by atoms with Gasteiger partial charge in [0.2, 0.25) is 11.8 Å². The Hall–Kier alpha value is -1.31. The monoisotopic (exact) mass is 296 g/mol. The van der Waals surface area contributed by atoms with Crippen LogP contribution in [0.25, 0.3) is 0 Å². The third-order valence-electron chi connectivity index (χ3n) is 3.26. The van der Waals surface area contributed by atoms with E-state index in [2.05, 4.69) is 10.6 Å². The maximum Gasteiger partial charge on any atom is 0.416 e. The molecule has 1 fully saturated rings. The molecule has 116 valence electrons. The molecule has 0 aromatic carbocycles. The van der Waals surface area contributed by atoms with Gasteiger partial charge in [-0.2, -0.15) is 13.2 Å². The summed E-state index contributed by atoms with van der Waals surface area (Å²) in [5.41, 5.74) is -1.87. The second kappa shape index (κ2) is 5.59. The van der Waals surface area contributed by atoms with Crippen molar-refractivity contribution in [3.63, 3.8) is 0 Å². The van der Waals surface area contributed by atoms with Gasteiger partial charge in [-0.3, -0.25) is 9.59 Å². The van der Waals surface area contributed by atoms with Gasteiger partial charge in [0.1, 0.15) is 6.04 Å².